The van der Waals surface area contributed by atoms with E-state index in [-0.39, 0.29) is 0 Å². The fraction of sp³-hybridized carbons (Fsp3) is 0.250. The number of aromatic nitrogens is 1. The number of H-pyrrole nitrogens is 1. The van der Waals surface area contributed by atoms with E-state index in [4.69, 9.17) is 27.9 Å². The van der Waals surface area contributed by atoms with Gasteiger partial charge in [-0.2, -0.15) is 0 Å². The number of allylic oxidation sites excluding steroid dienone is 2. The van der Waals surface area contributed by atoms with Crippen LogP contribution >= 0.6 is 0 Å². The number of rotatable bonds is 8. The predicted octanol–water partition coefficient (Wildman–Crippen LogP) is 3.09. The van der Waals surface area contributed by atoms with E-state index in [1.807, 2.05) is 37.3 Å². The van der Waals surface area contributed by atoms with Gasteiger partial charge in [0, 0.05) is 35.0 Å². The lowest BCUT2D eigenvalue weighted by atomic mass is 10.0. The molecule has 0 atom stereocenters. The second kappa shape index (κ2) is 10.2. The lowest BCUT2D eigenvalue weighted by molar-refractivity contribution is -0.294. The van der Waals surface area contributed by atoms with Gasteiger partial charge in [0.25, 0.3) is 0 Å². The summed E-state index contributed by atoms with van der Waals surface area (Å²) in [7, 11) is 10.5. The number of ether oxygens (including phenoxy) is 3. The summed E-state index contributed by atoms with van der Waals surface area (Å²) in [6.07, 6.45) is 10.0. The molecule has 1 aromatic carbocycles. The van der Waals surface area contributed by atoms with Crippen LogP contribution in [0.5, 0.6) is 11.5 Å². The molecule has 0 fully saturated rings. The summed E-state index contributed by atoms with van der Waals surface area (Å²) < 4.78 is 17.3. The number of benzene rings is 1. The van der Waals surface area contributed by atoms with E-state index in [1.165, 1.54) is 14.2 Å². The van der Waals surface area contributed by atoms with E-state index in [0.717, 1.165) is 28.2 Å². The van der Waals surface area contributed by atoms with E-state index in [2.05, 4.69) is 4.98 Å². The monoisotopic (exact) mass is 432 g/mol. The summed E-state index contributed by atoms with van der Waals surface area (Å²) in [6, 6.07) is 5.38. The maximum absolute atomic E-state index is 12.4. The van der Waals surface area contributed by atoms with Gasteiger partial charge in [-0.15, -0.1) is 7.98 Å². The molecule has 0 amide bonds. The molecule has 0 saturated carbocycles. The molecule has 32 heavy (non-hydrogen) atoms. The SMILES string of the molecule is [B-][N+]1=CC=CC1=C(CCN)c1[nH]c(/C=C/c2c(OC)cc(OC)cc2C(=O)OC)cc1C. The number of hydrogen-bond acceptors (Lipinski definition) is 5. The van der Waals surface area contributed by atoms with Crippen molar-refractivity contribution in [2.75, 3.05) is 27.9 Å². The van der Waals surface area contributed by atoms with Crippen LogP contribution in [0.15, 0.2) is 36.0 Å². The normalized spacial score (nSPS) is 14.6. The Kier molecular flexibility index (Phi) is 7.38. The summed E-state index contributed by atoms with van der Waals surface area (Å²) in [6.45, 7) is 2.52. The Morgan fingerprint density at radius 3 is 2.56 bits per heavy atom. The average molecular weight is 432 g/mol. The van der Waals surface area contributed by atoms with Crippen LogP contribution in [-0.2, 0) is 4.74 Å². The predicted molar refractivity (Wildman–Crippen MR) is 127 cm³/mol. The fourth-order valence-corrected chi connectivity index (χ4v) is 3.67. The van der Waals surface area contributed by atoms with Crippen molar-refractivity contribution in [3.8, 4) is 11.5 Å². The molecule has 3 rings (SSSR count). The molecule has 1 aliphatic heterocycles. The number of aromatic amines is 1. The zero-order valence-corrected chi connectivity index (χ0v) is 18.8. The Morgan fingerprint density at radius 2 is 1.97 bits per heavy atom. The third-order valence-corrected chi connectivity index (χ3v) is 5.23. The van der Waals surface area contributed by atoms with Crippen LogP contribution in [0.1, 0.15) is 39.3 Å². The zero-order valence-electron chi connectivity index (χ0n) is 18.8. The minimum Gasteiger partial charge on any atom is -0.509 e. The minimum absolute atomic E-state index is 0.347. The molecular formula is C24H27BN3O4. The van der Waals surface area contributed by atoms with E-state index < -0.39 is 5.97 Å². The quantitative estimate of drug-likeness (QED) is 0.494. The van der Waals surface area contributed by atoms with Crippen molar-refractivity contribution in [3.05, 3.63) is 64.1 Å². The maximum atomic E-state index is 12.4. The van der Waals surface area contributed by atoms with Crippen molar-refractivity contribution in [2.24, 2.45) is 5.73 Å². The molecule has 0 spiro atoms. The van der Waals surface area contributed by atoms with Gasteiger partial charge in [-0.25, -0.2) is 4.79 Å². The highest BCUT2D eigenvalue weighted by Crippen LogP contribution is 2.32. The van der Waals surface area contributed by atoms with Gasteiger partial charge in [-0.3, -0.25) is 0 Å². The van der Waals surface area contributed by atoms with Crippen LogP contribution in [0, 0.1) is 6.92 Å². The molecule has 165 valence electrons. The molecular weight excluding hydrogens is 405 g/mol. The van der Waals surface area contributed by atoms with Gasteiger partial charge in [-0.05, 0) is 49.7 Å². The van der Waals surface area contributed by atoms with Crippen LogP contribution in [-0.4, -0.2) is 57.5 Å². The van der Waals surface area contributed by atoms with Crippen molar-refractivity contribution in [1.82, 2.24) is 4.98 Å². The van der Waals surface area contributed by atoms with Crippen molar-refractivity contribution < 1.29 is 23.5 Å². The third kappa shape index (κ3) is 4.70. The molecule has 3 radical (unpaired) electrons. The first-order valence-corrected chi connectivity index (χ1v) is 10.1. The Balaban J connectivity index is 2.04. The summed E-state index contributed by atoms with van der Waals surface area (Å²) >= 11 is 0. The third-order valence-electron chi connectivity index (χ3n) is 5.23. The molecule has 8 heteroatoms. The van der Waals surface area contributed by atoms with E-state index in [9.17, 15) is 4.79 Å². The van der Waals surface area contributed by atoms with Crippen molar-refractivity contribution in [1.29, 1.82) is 0 Å². The molecule has 0 bridgehead atoms. The van der Waals surface area contributed by atoms with Gasteiger partial charge in [0.2, 0.25) is 0 Å². The van der Waals surface area contributed by atoms with Crippen molar-refractivity contribution in [2.45, 2.75) is 13.3 Å². The van der Waals surface area contributed by atoms with Gasteiger partial charge in [0.15, 0.2) is 5.70 Å². The molecule has 1 aliphatic rings. The number of methoxy groups -OCH3 is 3. The lowest BCUT2D eigenvalue weighted by Gasteiger charge is -2.13. The van der Waals surface area contributed by atoms with E-state index >= 15 is 0 Å². The maximum Gasteiger partial charge on any atom is 0.338 e. The number of nitrogens with one attached hydrogen (secondary N) is 1. The van der Waals surface area contributed by atoms with Crippen LogP contribution in [0.2, 0.25) is 0 Å². The van der Waals surface area contributed by atoms with Crippen LogP contribution in [0.3, 0.4) is 0 Å². The highest BCUT2D eigenvalue weighted by atomic mass is 16.5. The van der Waals surface area contributed by atoms with Gasteiger partial charge in [-0.1, -0.05) is 0 Å². The first-order valence-electron chi connectivity index (χ1n) is 10.1. The smallest absolute Gasteiger partial charge is 0.338 e. The Labute approximate surface area is 189 Å². The summed E-state index contributed by atoms with van der Waals surface area (Å²) in [5.41, 5.74) is 11.6. The highest BCUT2D eigenvalue weighted by molar-refractivity contribution is 6.01. The van der Waals surface area contributed by atoms with Crippen LogP contribution in [0.4, 0.5) is 0 Å². The number of carbonyl (C=O) groups is 1. The Hall–Kier alpha value is -3.52. The highest BCUT2D eigenvalue weighted by Gasteiger charge is 2.18. The fourth-order valence-electron chi connectivity index (χ4n) is 3.67. The molecule has 0 unspecified atom stereocenters. The molecule has 0 aliphatic carbocycles. The van der Waals surface area contributed by atoms with Crippen molar-refractivity contribution in [3.63, 3.8) is 0 Å². The number of esters is 1. The first kappa shape index (κ1) is 23.2. The summed E-state index contributed by atoms with van der Waals surface area (Å²) in [4.78, 5) is 15.8. The number of hydrogen-bond donors (Lipinski definition) is 2. The Bertz CT molecular complexity index is 1140. The second-order valence-corrected chi connectivity index (χ2v) is 7.22. The van der Waals surface area contributed by atoms with Crippen LogP contribution in [0.25, 0.3) is 17.7 Å². The van der Waals surface area contributed by atoms with E-state index in [1.54, 1.807) is 29.9 Å². The standard InChI is InChI=1S/C24H26BN3O4/c1-15-12-16(27-23(15)19(9-10-26)21-6-5-11-28(21)25)7-8-18-20(24(29)32-4)13-17(30-2)14-22(18)31-3/h5-8,11-14H,9-10,26H2,1-4H3/q-1/p+1. The van der Waals surface area contributed by atoms with Gasteiger partial charge in [0.1, 0.15) is 17.7 Å². The number of aryl methyl sites for hydroxylation is 1. The average Bonchev–Trinajstić information content (AvgIpc) is 3.39. The van der Waals surface area contributed by atoms with Crippen molar-refractivity contribution >= 4 is 37.9 Å². The molecule has 1 aromatic heterocycles. The lowest BCUT2D eigenvalue weighted by Crippen LogP contribution is -2.09. The minimum atomic E-state index is -0.479. The summed E-state index contributed by atoms with van der Waals surface area (Å²) in [5, 5.41) is 0. The van der Waals surface area contributed by atoms with Gasteiger partial charge in [0.05, 0.1) is 32.6 Å². The Morgan fingerprint density at radius 1 is 1.19 bits per heavy atom. The number of nitrogens with two attached hydrogens (primary N) is 1. The largest absolute Gasteiger partial charge is 0.509 e. The molecule has 7 nitrogen and oxygen atoms in total. The topological polar surface area (TPSA) is 89.6 Å². The second-order valence-electron chi connectivity index (χ2n) is 7.22. The van der Waals surface area contributed by atoms with E-state index in [0.29, 0.717) is 35.6 Å². The number of nitrogens with zero attached hydrogens (tertiary/aromatic N) is 1. The number of carbonyl (C=O) groups excluding carboxylic acids is 1. The first-order chi connectivity index (χ1) is 15.4. The van der Waals surface area contributed by atoms with Gasteiger partial charge >= 0.3 is 5.97 Å². The molecule has 3 N–H and O–H groups in total. The van der Waals surface area contributed by atoms with Gasteiger partial charge < -0.3 is 29.4 Å². The molecule has 2 aromatic rings. The molecule has 2 heterocycles. The molecule has 0 saturated heterocycles. The zero-order chi connectivity index (χ0) is 23.3. The summed E-state index contributed by atoms with van der Waals surface area (Å²) in [5.74, 6) is 0.525. The van der Waals surface area contributed by atoms with Crippen LogP contribution < -0.4 is 15.2 Å².